The Morgan fingerprint density at radius 1 is 1.29 bits per heavy atom. The highest BCUT2D eigenvalue weighted by molar-refractivity contribution is 5.88. The predicted molar refractivity (Wildman–Crippen MR) is 85.5 cm³/mol. The number of carbonyl (C=O) groups is 1. The molecule has 1 rings (SSSR count). The third-order valence-corrected chi connectivity index (χ3v) is 3.09. The number of likely N-dealkylation sites (N-methyl/N-ethyl adjacent to an activating group) is 1. The van der Waals surface area contributed by atoms with Crippen LogP contribution >= 0.6 is 0 Å². The van der Waals surface area contributed by atoms with E-state index in [9.17, 15) is 9.90 Å². The van der Waals surface area contributed by atoms with Gasteiger partial charge in [-0.15, -0.1) is 0 Å². The molecule has 0 bridgehead atoms. The number of nitrogens with zero attached hydrogens (tertiary/aromatic N) is 2. The average molecular weight is 294 g/mol. The summed E-state index contributed by atoms with van der Waals surface area (Å²) in [4.78, 5) is 14.9. The van der Waals surface area contributed by atoms with Gasteiger partial charge < -0.3 is 14.7 Å². The van der Waals surface area contributed by atoms with Gasteiger partial charge in [0, 0.05) is 18.2 Å². The van der Waals surface area contributed by atoms with Crippen LogP contribution in [0.15, 0.2) is 18.2 Å². The summed E-state index contributed by atoms with van der Waals surface area (Å²) in [6.07, 6.45) is -0.967. The van der Waals surface area contributed by atoms with Crippen molar-refractivity contribution < 1.29 is 14.6 Å². The molecule has 0 radical (unpaired) electrons. The highest BCUT2D eigenvalue weighted by atomic mass is 16.5. The van der Waals surface area contributed by atoms with E-state index in [1.807, 2.05) is 58.8 Å². The van der Waals surface area contributed by atoms with Gasteiger partial charge >= 0.3 is 6.09 Å². The summed E-state index contributed by atoms with van der Waals surface area (Å²) in [5, 5.41) is 9.45. The summed E-state index contributed by atoms with van der Waals surface area (Å²) < 4.78 is 5.77. The van der Waals surface area contributed by atoms with Crippen LogP contribution in [0, 0.1) is 6.92 Å². The SMILES string of the molecule is Cc1ccc(N(C(=O)O)C(C)(C)C)cc1OCCN(C)C. The lowest BCUT2D eigenvalue weighted by atomic mass is 10.0. The van der Waals surface area contributed by atoms with Crippen LogP contribution in [0.3, 0.4) is 0 Å². The molecule has 0 aliphatic heterocycles. The first-order valence-corrected chi connectivity index (χ1v) is 7.04. The number of rotatable bonds is 5. The molecule has 1 amide bonds. The minimum atomic E-state index is -0.967. The average Bonchev–Trinajstić information content (AvgIpc) is 2.30. The summed E-state index contributed by atoms with van der Waals surface area (Å²) >= 11 is 0. The molecular weight excluding hydrogens is 268 g/mol. The first-order chi connectivity index (χ1) is 9.62. The highest BCUT2D eigenvalue weighted by Crippen LogP contribution is 2.29. The Hall–Kier alpha value is -1.75. The second-order valence-corrected chi connectivity index (χ2v) is 6.39. The van der Waals surface area contributed by atoms with Crippen LogP contribution in [0.25, 0.3) is 0 Å². The first-order valence-electron chi connectivity index (χ1n) is 7.04. The molecule has 0 heterocycles. The van der Waals surface area contributed by atoms with Crippen LogP contribution in [0.1, 0.15) is 26.3 Å². The van der Waals surface area contributed by atoms with Crippen LogP contribution in [0.4, 0.5) is 10.5 Å². The molecule has 0 saturated heterocycles. The largest absolute Gasteiger partial charge is 0.492 e. The van der Waals surface area contributed by atoms with E-state index >= 15 is 0 Å². The van der Waals surface area contributed by atoms with Crippen molar-refractivity contribution in [2.75, 3.05) is 32.1 Å². The van der Waals surface area contributed by atoms with E-state index in [0.29, 0.717) is 12.3 Å². The minimum absolute atomic E-state index is 0.512. The highest BCUT2D eigenvalue weighted by Gasteiger charge is 2.28. The third kappa shape index (κ3) is 4.93. The van der Waals surface area contributed by atoms with E-state index in [-0.39, 0.29) is 0 Å². The monoisotopic (exact) mass is 294 g/mol. The summed E-state index contributed by atoms with van der Waals surface area (Å²) in [5.41, 5.74) is 1.11. The zero-order valence-corrected chi connectivity index (χ0v) is 13.8. The van der Waals surface area contributed by atoms with Gasteiger partial charge in [0.25, 0.3) is 0 Å². The van der Waals surface area contributed by atoms with Gasteiger partial charge in [-0.1, -0.05) is 6.07 Å². The molecule has 1 aromatic rings. The molecule has 0 atom stereocenters. The van der Waals surface area contributed by atoms with Crippen molar-refractivity contribution in [2.45, 2.75) is 33.2 Å². The minimum Gasteiger partial charge on any atom is -0.492 e. The summed E-state index contributed by atoms with van der Waals surface area (Å²) in [6, 6.07) is 5.50. The quantitative estimate of drug-likeness (QED) is 0.906. The Morgan fingerprint density at radius 2 is 1.90 bits per heavy atom. The van der Waals surface area contributed by atoms with Crippen molar-refractivity contribution in [2.24, 2.45) is 0 Å². The number of ether oxygens (including phenoxy) is 1. The lowest BCUT2D eigenvalue weighted by molar-refractivity contribution is 0.195. The van der Waals surface area contributed by atoms with E-state index in [4.69, 9.17) is 4.74 Å². The van der Waals surface area contributed by atoms with Crippen LogP contribution in [0.2, 0.25) is 0 Å². The van der Waals surface area contributed by atoms with E-state index in [1.165, 1.54) is 4.90 Å². The molecular formula is C16H26N2O3. The van der Waals surface area contributed by atoms with Crippen molar-refractivity contribution in [3.63, 3.8) is 0 Å². The number of anilines is 1. The van der Waals surface area contributed by atoms with Crippen LogP contribution in [-0.4, -0.2) is 48.9 Å². The molecule has 21 heavy (non-hydrogen) atoms. The zero-order valence-electron chi connectivity index (χ0n) is 13.8. The van der Waals surface area contributed by atoms with Gasteiger partial charge in [-0.2, -0.15) is 0 Å². The Balaban J connectivity index is 3.01. The number of aryl methyl sites for hydroxylation is 1. The maximum atomic E-state index is 11.5. The fourth-order valence-electron chi connectivity index (χ4n) is 2.01. The Labute approximate surface area is 127 Å². The van der Waals surface area contributed by atoms with E-state index in [1.54, 1.807) is 6.07 Å². The van der Waals surface area contributed by atoms with Crippen molar-refractivity contribution in [3.8, 4) is 5.75 Å². The molecule has 0 spiro atoms. The molecule has 1 aromatic carbocycles. The Morgan fingerprint density at radius 3 is 2.38 bits per heavy atom. The Bertz CT molecular complexity index is 493. The molecule has 5 nitrogen and oxygen atoms in total. The van der Waals surface area contributed by atoms with Gasteiger partial charge in [0.15, 0.2) is 0 Å². The first kappa shape index (κ1) is 17.3. The molecule has 0 aliphatic rings. The molecule has 118 valence electrons. The normalized spacial score (nSPS) is 11.6. The maximum absolute atomic E-state index is 11.5. The fourth-order valence-corrected chi connectivity index (χ4v) is 2.01. The van der Waals surface area contributed by atoms with Crippen molar-refractivity contribution in [1.82, 2.24) is 4.90 Å². The predicted octanol–water partition coefficient (Wildman–Crippen LogP) is 3.22. The summed E-state index contributed by atoms with van der Waals surface area (Å²) in [7, 11) is 3.97. The number of carboxylic acid groups (broad SMARTS) is 1. The lowest BCUT2D eigenvalue weighted by Crippen LogP contribution is -2.45. The van der Waals surface area contributed by atoms with Crippen molar-refractivity contribution >= 4 is 11.8 Å². The van der Waals surface area contributed by atoms with Gasteiger partial charge in [-0.05, 0) is 53.4 Å². The van der Waals surface area contributed by atoms with Gasteiger partial charge in [0.1, 0.15) is 12.4 Å². The molecule has 0 aliphatic carbocycles. The molecule has 0 unspecified atom stereocenters. The number of hydrogen-bond acceptors (Lipinski definition) is 3. The fraction of sp³-hybridized carbons (Fsp3) is 0.562. The van der Waals surface area contributed by atoms with E-state index < -0.39 is 11.6 Å². The smallest absolute Gasteiger partial charge is 0.412 e. The van der Waals surface area contributed by atoms with Gasteiger partial charge in [-0.3, -0.25) is 4.90 Å². The van der Waals surface area contributed by atoms with Gasteiger partial charge in [-0.25, -0.2) is 4.79 Å². The number of hydrogen-bond donors (Lipinski definition) is 1. The van der Waals surface area contributed by atoms with Crippen LogP contribution in [-0.2, 0) is 0 Å². The lowest BCUT2D eigenvalue weighted by Gasteiger charge is -2.33. The topological polar surface area (TPSA) is 53.0 Å². The molecule has 0 aromatic heterocycles. The standard InChI is InChI=1S/C16H26N2O3/c1-12-7-8-13(18(15(19)20)16(2,3)4)11-14(12)21-10-9-17(5)6/h7-8,11H,9-10H2,1-6H3,(H,19,20). The summed E-state index contributed by atoms with van der Waals surface area (Å²) in [5.74, 6) is 0.727. The Kier molecular flexibility index (Phi) is 5.61. The van der Waals surface area contributed by atoms with Crippen molar-refractivity contribution in [1.29, 1.82) is 0 Å². The second-order valence-electron chi connectivity index (χ2n) is 6.39. The molecule has 0 fully saturated rings. The van der Waals surface area contributed by atoms with Crippen LogP contribution < -0.4 is 9.64 Å². The molecule has 1 N–H and O–H groups in total. The maximum Gasteiger partial charge on any atom is 0.412 e. The van der Waals surface area contributed by atoms with Crippen molar-refractivity contribution in [3.05, 3.63) is 23.8 Å². The summed E-state index contributed by atoms with van der Waals surface area (Å²) in [6.45, 7) is 8.94. The van der Waals surface area contributed by atoms with Gasteiger partial charge in [0.05, 0.1) is 5.69 Å². The zero-order chi connectivity index (χ0) is 16.2. The molecule has 5 heteroatoms. The number of amides is 1. The van der Waals surface area contributed by atoms with Crippen LogP contribution in [0.5, 0.6) is 5.75 Å². The molecule has 0 saturated carbocycles. The van der Waals surface area contributed by atoms with E-state index in [2.05, 4.69) is 0 Å². The van der Waals surface area contributed by atoms with Gasteiger partial charge in [0.2, 0.25) is 0 Å². The number of benzene rings is 1. The second kappa shape index (κ2) is 6.80. The van der Waals surface area contributed by atoms with E-state index in [0.717, 1.165) is 17.9 Å². The third-order valence-electron chi connectivity index (χ3n) is 3.09.